The van der Waals surface area contributed by atoms with Gasteiger partial charge in [0.2, 0.25) is 5.78 Å². The highest BCUT2D eigenvalue weighted by molar-refractivity contribution is 7.99. The topological polar surface area (TPSA) is 74.2 Å². The van der Waals surface area contributed by atoms with Gasteiger partial charge in [0.1, 0.15) is 0 Å². The van der Waals surface area contributed by atoms with Crippen molar-refractivity contribution in [2.45, 2.75) is 32.9 Å². The number of para-hydroxylation sites is 1. The lowest BCUT2D eigenvalue weighted by Gasteiger charge is -2.14. The predicted octanol–water partition coefficient (Wildman–Crippen LogP) is 4.58. The molecular weight excluding hydrogens is 446 g/mol. The van der Waals surface area contributed by atoms with E-state index in [-0.39, 0.29) is 17.1 Å². The van der Waals surface area contributed by atoms with E-state index in [4.69, 9.17) is 0 Å². The highest BCUT2D eigenvalue weighted by Gasteiger charge is 2.21. The third kappa shape index (κ3) is 3.45. The first-order valence-electron chi connectivity index (χ1n) is 11.0. The van der Waals surface area contributed by atoms with E-state index in [1.165, 1.54) is 11.8 Å². The van der Waals surface area contributed by atoms with Gasteiger partial charge in [-0.25, -0.2) is 4.57 Å². The molecule has 0 aliphatic rings. The minimum atomic E-state index is -0.146. The molecule has 2 aromatic carbocycles. The Labute approximate surface area is 201 Å². The van der Waals surface area contributed by atoms with Crippen molar-refractivity contribution in [3.8, 4) is 5.69 Å². The molecule has 0 aliphatic heterocycles. The summed E-state index contributed by atoms with van der Waals surface area (Å²) in [5, 5.41) is 9.94. The molecule has 5 rings (SSSR count). The van der Waals surface area contributed by atoms with Crippen LogP contribution in [0.5, 0.6) is 0 Å². The molecule has 0 saturated carbocycles. The number of fused-ring (bicyclic) bond motifs is 3. The van der Waals surface area contributed by atoms with E-state index >= 15 is 0 Å². The Morgan fingerprint density at radius 1 is 1.00 bits per heavy atom. The van der Waals surface area contributed by atoms with Crippen LogP contribution in [0.25, 0.3) is 22.4 Å². The second kappa shape index (κ2) is 8.29. The number of hydrogen-bond acceptors (Lipinski definition) is 5. The monoisotopic (exact) mass is 471 g/mol. The Balaban J connectivity index is 1.66. The van der Waals surface area contributed by atoms with Crippen LogP contribution in [0.3, 0.4) is 0 Å². The summed E-state index contributed by atoms with van der Waals surface area (Å²) in [4.78, 5) is 26.6. The number of thioether (sulfide) groups is 1. The number of aryl methyl sites for hydroxylation is 3. The summed E-state index contributed by atoms with van der Waals surface area (Å²) >= 11 is 1.33. The molecule has 3 heterocycles. The quantitative estimate of drug-likeness (QED) is 0.277. The fourth-order valence-electron chi connectivity index (χ4n) is 4.30. The standard InChI is InChI=1S/C26H25N5O2S/c1-15-10-11-16(2)22(12-15)30-24(33)19-8-6-7-9-21(19)31-25(30)27-28-26(31)34-14-23(32)20-13-17(3)29(5)18(20)4/h6-13H,14H2,1-5H3. The number of hydrogen-bond donors (Lipinski definition) is 0. The maximum absolute atomic E-state index is 13.6. The van der Waals surface area contributed by atoms with Gasteiger partial charge in [0.25, 0.3) is 5.56 Å². The van der Waals surface area contributed by atoms with Crippen molar-refractivity contribution >= 4 is 34.2 Å². The van der Waals surface area contributed by atoms with Gasteiger partial charge in [-0.05, 0) is 63.1 Å². The molecule has 0 fully saturated rings. The van der Waals surface area contributed by atoms with Crippen LogP contribution in [0.15, 0.2) is 58.5 Å². The van der Waals surface area contributed by atoms with E-state index in [9.17, 15) is 9.59 Å². The van der Waals surface area contributed by atoms with Crippen LogP contribution >= 0.6 is 11.8 Å². The van der Waals surface area contributed by atoms with Crippen molar-refractivity contribution in [3.05, 3.63) is 87.0 Å². The largest absolute Gasteiger partial charge is 0.351 e. The van der Waals surface area contributed by atoms with Gasteiger partial charge in [0.15, 0.2) is 10.9 Å². The Bertz CT molecular complexity index is 1660. The SMILES string of the molecule is Cc1ccc(C)c(-n2c(=O)c3ccccc3n3c(SCC(=O)c4cc(C)n(C)c4C)nnc23)c1. The van der Waals surface area contributed by atoms with E-state index in [0.717, 1.165) is 39.3 Å². The molecule has 0 N–H and O–H groups in total. The number of carbonyl (C=O) groups excluding carboxylic acids is 1. The number of aromatic nitrogens is 5. The second-order valence-corrected chi connectivity index (χ2v) is 9.56. The Morgan fingerprint density at radius 3 is 2.50 bits per heavy atom. The summed E-state index contributed by atoms with van der Waals surface area (Å²) in [6.45, 7) is 7.91. The molecular formula is C26H25N5O2S. The summed E-state index contributed by atoms with van der Waals surface area (Å²) < 4.78 is 5.51. The van der Waals surface area contributed by atoms with Crippen LogP contribution in [-0.2, 0) is 7.05 Å². The maximum Gasteiger partial charge on any atom is 0.267 e. The van der Waals surface area contributed by atoms with Crippen molar-refractivity contribution in [1.82, 2.24) is 23.7 Å². The molecule has 172 valence electrons. The Kier molecular flexibility index (Phi) is 5.40. The van der Waals surface area contributed by atoms with Crippen LogP contribution in [-0.4, -0.2) is 35.3 Å². The van der Waals surface area contributed by atoms with Gasteiger partial charge in [-0.15, -0.1) is 10.2 Å². The number of nitrogens with zero attached hydrogens (tertiary/aromatic N) is 5. The first-order chi connectivity index (χ1) is 16.3. The molecule has 0 atom stereocenters. The molecule has 0 aliphatic carbocycles. The first kappa shape index (κ1) is 22.2. The fourth-order valence-corrected chi connectivity index (χ4v) is 5.12. The number of benzene rings is 2. The molecule has 0 spiro atoms. The zero-order valence-electron chi connectivity index (χ0n) is 19.8. The minimum absolute atomic E-state index is 0.0371. The van der Waals surface area contributed by atoms with Gasteiger partial charge in [0.05, 0.1) is 22.3 Å². The van der Waals surface area contributed by atoms with E-state index < -0.39 is 0 Å². The summed E-state index contributed by atoms with van der Waals surface area (Å²) in [5.74, 6) is 0.691. The lowest BCUT2D eigenvalue weighted by atomic mass is 10.1. The third-order valence-corrected chi connectivity index (χ3v) is 7.34. The van der Waals surface area contributed by atoms with E-state index in [2.05, 4.69) is 10.2 Å². The van der Waals surface area contributed by atoms with Crippen molar-refractivity contribution in [2.24, 2.45) is 7.05 Å². The van der Waals surface area contributed by atoms with Crippen molar-refractivity contribution in [1.29, 1.82) is 0 Å². The van der Waals surface area contributed by atoms with Gasteiger partial charge >= 0.3 is 0 Å². The average molecular weight is 472 g/mol. The minimum Gasteiger partial charge on any atom is -0.351 e. The number of carbonyl (C=O) groups is 1. The van der Waals surface area contributed by atoms with Gasteiger partial charge in [0, 0.05) is 24.0 Å². The zero-order chi connectivity index (χ0) is 24.1. The van der Waals surface area contributed by atoms with E-state index in [0.29, 0.717) is 16.3 Å². The molecule has 3 aromatic heterocycles. The lowest BCUT2D eigenvalue weighted by molar-refractivity contribution is 0.102. The van der Waals surface area contributed by atoms with E-state index in [1.54, 1.807) is 4.57 Å². The van der Waals surface area contributed by atoms with Crippen LogP contribution in [0.2, 0.25) is 0 Å². The van der Waals surface area contributed by atoms with Crippen LogP contribution in [0, 0.1) is 27.7 Å². The van der Waals surface area contributed by atoms with E-state index in [1.807, 2.05) is 92.2 Å². The number of ketones is 1. The average Bonchev–Trinajstić information content (AvgIpc) is 3.36. The van der Waals surface area contributed by atoms with Crippen LogP contribution in [0.4, 0.5) is 0 Å². The van der Waals surface area contributed by atoms with Crippen molar-refractivity contribution in [2.75, 3.05) is 5.75 Å². The van der Waals surface area contributed by atoms with Crippen LogP contribution < -0.4 is 5.56 Å². The lowest BCUT2D eigenvalue weighted by Crippen LogP contribution is -2.22. The Hall–Kier alpha value is -3.65. The number of rotatable bonds is 5. The second-order valence-electron chi connectivity index (χ2n) is 8.62. The molecule has 8 heteroatoms. The molecule has 5 aromatic rings. The molecule has 0 saturated heterocycles. The number of Topliss-reactive ketones (excluding diaryl/α,β-unsaturated/α-hetero) is 1. The molecule has 0 radical (unpaired) electrons. The predicted molar refractivity (Wildman–Crippen MR) is 136 cm³/mol. The molecule has 0 bridgehead atoms. The highest BCUT2D eigenvalue weighted by atomic mass is 32.2. The fraction of sp³-hybridized carbons (Fsp3) is 0.231. The maximum atomic E-state index is 13.6. The zero-order valence-corrected chi connectivity index (χ0v) is 20.6. The molecule has 0 amide bonds. The van der Waals surface area contributed by atoms with Gasteiger partial charge in [-0.1, -0.05) is 36.0 Å². The summed E-state index contributed by atoms with van der Waals surface area (Å²) in [6, 6.07) is 15.4. The summed E-state index contributed by atoms with van der Waals surface area (Å²) in [6.07, 6.45) is 0. The third-order valence-electron chi connectivity index (χ3n) is 6.41. The summed E-state index contributed by atoms with van der Waals surface area (Å²) in [5.41, 5.74) is 6.07. The van der Waals surface area contributed by atoms with Gasteiger partial charge in [-0.3, -0.25) is 14.0 Å². The van der Waals surface area contributed by atoms with Crippen molar-refractivity contribution < 1.29 is 4.79 Å². The molecule has 7 nitrogen and oxygen atoms in total. The summed E-state index contributed by atoms with van der Waals surface area (Å²) in [7, 11) is 1.96. The van der Waals surface area contributed by atoms with Crippen LogP contribution in [0.1, 0.15) is 32.9 Å². The van der Waals surface area contributed by atoms with Gasteiger partial charge in [-0.2, -0.15) is 0 Å². The molecule has 0 unspecified atom stereocenters. The van der Waals surface area contributed by atoms with Gasteiger partial charge < -0.3 is 4.57 Å². The Morgan fingerprint density at radius 2 is 1.76 bits per heavy atom. The van der Waals surface area contributed by atoms with Crippen molar-refractivity contribution in [3.63, 3.8) is 0 Å². The molecule has 34 heavy (non-hydrogen) atoms. The normalized spacial score (nSPS) is 11.6. The first-order valence-corrected chi connectivity index (χ1v) is 12.0. The highest BCUT2D eigenvalue weighted by Crippen LogP contribution is 2.26. The smallest absolute Gasteiger partial charge is 0.267 e.